The Kier molecular flexibility index (Phi) is 7.44. The van der Waals surface area contributed by atoms with Crippen molar-refractivity contribution in [3.8, 4) is 5.75 Å². The third-order valence-corrected chi connectivity index (χ3v) is 5.22. The molecule has 3 aromatic rings. The van der Waals surface area contributed by atoms with Gasteiger partial charge in [-0.2, -0.15) is 0 Å². The fraction of sp³-hybridized carbons (Fsp3) is 0.280. The molecule has 0 aliphatic heterocycles. The number of ether oxygens (including phenoxy) is 1. The van der Waals surface area contributed by atoms with E-state index < -0.39 is 6.04 Å². The molecule has 2 amide bonds. The van der Waals surface area contributed by atoms with Crippen LogP contribution in [-0.2, 0) is 16.0 Å². The van der Waals surface area contributed by atoms with Crippen LogP contribution in [0.3, 0.4) is 0 Å². The van der Waals surface area contributed by atoms with Gasteiger partial charge in [0.15, 0.2) is 6.61 Å². The summed E-state index contributed by atoms with van der Waals surface area (Å²) < 4.78 is 5.90. The first kappa shape index (κ1) is 21.4. The van der Waals surface area contributed by atoms with E-state index in [1.54, 1.807) is 11.9 Å². The zero-order chi connectivity index (χ0) is 21.3. The van der Waals surface area contributed by atoms with Crippen LogP contribution in [-0.4, -0.2) is 43.0 Å². The van der Waals surface area contributed by atoms with Gasteiger partial charge in [-0.15, -0.1) is 0 Å². The maximum atomic E-state index is 13.1. The van der Waals surface area contributed by atoms with Crippen LogP contribution in [0, 0.1) is 0 Å². The number of hydrogen-bond donors (Lipinski definition) is 1. The summed E-state index contributed by atoms with van der Waals surface area (Å²) in [4.78, 5) is 27.2. The van der Waals surface area contributed by atoms with Gasteiger partial charge in [0.2, 0.25) is 5.91 Å². The number of nitrogens with zero attached hydrogens (tertiary/aromatic N) is 1. The highest BCUT2D eigenvalue weighted by molar-refractivity contribution is 5.90. The molecule has 3 aromatic carbocycles. The summed E-state index contributed by atoms with van der Waals surface area (Å²) in [6.45, 7) is 2.25. The Balaban J connectivity index is 1.75. The van der Waals surface area contributed by atoms with Crippen molar-refractivity contribution < 1.29 is 14.3 Å². The maximum absolute atomic E-state index is 13.1. The number of hydrogen-bond acceptors (Lipinski definition) is 3. The van der Waals surface area contributed by atoms with E-state index in [2.05, 4.69) is 5.32 Å². The maximum Gasteiger partial charge on any atom is 0.261 e. The van der Waals surface area contributed by atoms with E-state index in [1.165, 1.54) is 0 Å². The third kappa shape index (κ3) is 5.17. The molecule has 0 spiro atoms. The standard InChI is InChI=1S/C25H28N2O3/c1-3-22(25(29)26-2)27(17-16-19-10-5-4-6-11-19)24(28)18-30-23-15-9-13-20-12-7-8-14-21(20)23/h4-15,22H,3,16-18H2,1-2H3,(H,26,29)/t22-/m0/s1. The molecule has 0 heterocycles. The van der Waals surface area contributed by atoms with Crippen molar-refractivity contribution in [2.45, 2.75) is 25.8 Å². The van der Waals surface area contributed by atoms with E-state index in [4.69, 9.17) is 4.74 Å². The minimum absolute atomic E-state index is 0.115. The van der Waals surface area contributed by atoms with Gasteiger partial charge in [-0.05, 0) is 29.9 Å². The largest absolute Gasteiger partial charge is 0.483 e. The van der Waals surface area contributed by atoms with Crippen LogP contribution in [0.2, 0.25) is 0 Å². The molecular weight excluding hydrogens is 376 g/mol. The quantitative estimate of drug-likeness (QED) is 0.590. The number of carbonyl (C=O) groups is 2. The van der Waals surface area contributed by atoms with Crippen LogP contribution in [0.4, 0.5) is 0 Å². The van der Waals surface area contributed by atoms with Crippen LogP contribution in [0.1, 0.15) is 18.9 Å². The van der Waals surface area contributed by atoms with Crippen LogP contribution < -0.4 is 10.1 Å². The Morgan fingerprint density at radius 3 is 2.40 bits per heavy atom. The Hall–Kier alpha value is -3.34. The first-order valence-electron chi connectivity index (χ1n) is 10.3. The molecular formula is C25H28N2O3. The van der Waals surface area contributed by atoms with Gasteiger partial charge in [-0.25, -0.2) is 0 Å². The number of benzene rings is 3. The lowest BCUT2D eigenvalue weighted by Crippen LogP contribution is -2.50. The average Bonchev–Trinajstić information content (AvgIpc) is 2.80. The summed E-state index contributed by atoms with van der Waals surface area (Å²) in [5.41, 5.74) is 1.12. The summed E-state index contributed by atoms with van der Waals surface area (Å²) in [6.07, 6.45) is 1.21. The molecule has 3 rings (SSSR count). The normalized spacial score (nSPS) is 11.7. The van der Waals surface area contributed by atoms with Gasteiger partial charge < -0.3 is 15.0 Å². The number of fused-ring (bicyclic) bond motifs is 1. The molecule has 0 saturated carbocycles. The summed E-state index contributed by atoms with van der Waals surface area (Å²) in [7, 11) is 1.59. The van der Waals surface area contributed by atoms with E-state index >= 15 is 0 Å². The molecule has 0 saturated heterocycles. The Labute approximate surface area is 177 Å². The Morgan fingerprint density at radius 2 is 1.67 bits per heavy atom. The molecule has 0 fully saturated rings. The second-order valence-electron chi connectivity index (χ2n) is 7.13. The van der Waals surface area contributed by atoms with Crippen molar-refractivity contribution in [3.05, 3.63) is 78.4 Å². The van der Waals surface area contributed by atoms with Crippen molar-refractivity contribution in [2.75, 3.05) is 20.2 Å². The molecule has 0 bridgehead atoms. The van der Waals surface area contributed by atoms with Gasteiger partial charge in [0.25, 0.3) is 5.91 Å². The van der Waals surface area contributed by atoms with Gasteiger partial charge in [0.05, 0.1) is 0 Å². The summed E-state index contributed by atoms with van der Waals surface area (Å²) in [5, 5.41) is 4.69. The van der Waals surface area contributed by atoms with Crippen molar-refractivity contribution in [3.63, 3.8) is 0 Å². The van der Waals surface area contributed by atoms with Crippen molar-refractivity contribution in [2.24, 2.45) is 0 Å². The second-order valence-corrected chi connectivity index (χ2v) is 7.13. The second kappa shape index (κ2) is 10.4. The van der Waals surface area contributed by atoms with Crippen molar-refractivity contribution in [1.29, 1.82) is 0 Å². The van der Waals surface area contributed by atoms with Gasteiger partial charge >= 0.3 is 0 Å². The SMILES string of the molecule is CC[C@@H](C(=O)NC)N(CCc1ccccc1)C(=O)COc1cccc2ccccc12. The van der Waals surface area contributed by atoms with Crippen LogP contribution in [0.5, 0.6) is 5.75 Å². The topological polar surface area (TPSA) is 58.6 Å². The minimum Gasteiger partial charge on any atom is -0.483 e. The first-order chi connectivity index (χ1) is 14.6. The zero-order valence-corrected chi connectivity index (χ0v) is 17.5. The third-order valence-electron chi connectivity index (χ3n) is 5.22. The van der Waals surface area contributed by atoms with E-state index in [-0.39, 0.29) is 18.4 Å². The molecule has 5 heteroatoms. The van der Waals surface area contributed by atoms with E-state index in [0.717, 1.165) is 16.3 Å². The van der Waals surface area contributed by atoms with Gasteiger partial charge in [0, 0.05) is 19.0 Å². The predicted octanol–water partition coefficient (Wildman–Crippen LogP) is 3.81. The Morgan fingerprint density at radius 1 is 0.967 bits per heavy atom. The molecule has 0 unspecified atom stereocenters. The fourth-order valence-corrected chi connectivity index (χ4v) is 3.61. The number of amides is 2. The highest BCUT2D eigenvalue weighted by atomic mass is 16.5. The van der Waals surface area contributed by atoms with Crippen LogP contribution >= 0.6 is 0 Å². The summed E-state index contributed by atoms with van der Waals surface area (Å²) in [6, 6.07) is 23.1. The number of nitrogens with one attached hydrogen (secondary N) is 1. The number of carbonyl (C=O) groups excluding carboxylic acids is 2. The van der Waals surface area contributed by atoms with Crippen LogP contribution in [0.15, 0.2) is 72.8 Å². The molecule has 156 valence electrons. The molecule has 5 nitrogen and oxygen atoms in total. The Bertz CT molecular complexity index is 983. The summed E-state index contributed by atoms with van der Waals surface area (Å²) in [5.74, 6) is 0.302. The van der Waals surface area contributed by atoms with E-state index in [1.807, 2.05) is 79.7 Å². The highest BCUT2D eigenvalue weighted by Crippen LogP contribution is 2.25. The first-order valence-corrected chi connectivity index (χ1v) is 10.3. The minimum atomic E-state index is -0.526. The molecule has 0 aromatic heterocycles. The lowest BCUT2D eigenvalue weighted by Gasteiger charge is -2.30. The van der Waals surface area contributed by atoms with Crippen LogP contribution in [0.25, 0.3) is 10.8 Å². The molecule has 1 atom stereocenters. The molecule has 1 N–H and O–H groups in total. The molecule has 30 heavy (non-hydrogen) atoms. The zero-order valence-electron chi connectivity index (χ0n) is 17.5. The van der Waals surface area contributed by atoms with Gasteiger partial charge in [-0.1, -0.05) is 73.7 Å². The summed E-state index contributed by atoms with van der Waals surface area (Å²) >= 11 is 0. The predicted molar refractivity (Wildman–Crippen MR) is 119 cm³/mol. The highest BCUT2D eigenvalue weighted by Gasteiger charge is 2.28. The fourth-order valence-electron chi connectivity index (χ4n) is 3.61. The monoisotopic (exact) mass is 404 g/mol. The lowest BCUT2D eigenvalue weighted by atomic mass is 10.1. The average molecular weight is 405 g/mol. The number of rotatable bonds is 9. The lowest BCUT2D eigenvalue weighted by molar-refractivity contribution is -0.142. The van der Waals surface area contributed by atoms with Crippen molar-refractivity contribution in [1.82, 2.24) is 10.2 Å². The molecule has 0 aliphatic rings. The van der Waals surface area contributed by atoms with Crippen molar-refractivity contribution >= 4 is 22.6 Å². The van der Waals surface area contributed by atoms with Gasteiger partial charge in [0.1, 0.15) is 11.8 Å². The molecule has 0 radical (unpaired) electrons. The van der Waals surface area contributed by atoms with E-state index in [0.29, 0.717) is 25.1 Å². The smallest absolute Gasteiger partial charge is 0.261 e. The van der Waals surface area contributed by atoms with Gasteiger partial charge in [-0.3, -0.25) is 9.59 Å². The molecule has 0 aliphatic carbocycles. The number of likely N-dealkylation sites (N-methyl/N-ethyl adjacent to an activating group) is 1. The van der Waals surface area contributed by atoms with E-state index in [9.17, 15) is 9.59 Å².